The second-order valence-corrected chi connectivity index (χ2v) is 3.71. The third kappa shape index (κ3) is 2.07. The molecule has 4 atom stereocenters. The molecule has 10 heteroatoms. The minimum Gasteiger partial charge on any atom is -0.394 e. The zero-order valence-electron chi connectivity index (χ0n) is 9.04. The van der Waals surface area contributed by atoms with E-state index in [9.17, 15) is 15.0 Å². The molecule has 0 spiro atoms. The Morgan fingerprint density at radius 2 is 2.17 bits per heavy atom. The average molecular weight is 260 g/mol. The van der Waals surface area contributed by atoms with E-state index in [2.05, 4.69) is 10.1 Å². The summed E-state index contributed by atoms with van der Waals surface area (Å²) in [6.07, 6.45) is -3.96. The van der Waals surface area contributed by atoms with E-state index in [-0.39, 0.29) is 5.82 Å². The Morgan fingerprint density at radius 1 is 1.44 bits per heavy atom. The van der Waals surface area contributed by atoms with E-state index in [0.29, 0.717) is 4.68 Å². The van der Waals surface area contributed by atoms with Gasteiger partial charge in [-0.3, -0.25) is 10.7 Å². The van der Waals surface area contributed by atoms with Gasteiger partial charge >= 0.3 is 5.69 Å². The lowest BCUT2D eigenvalue weighted by atomic mass is 10.1. The molecule has 0 amide bonds. The molecule has 0 saturated carbocycles. The molecule has 1 aromatic rings. The first-order valence-electron chi connectivity index (χ1n) is 5.07. The van der Waals surface area contributed by atoms with Gasteiger partial charge in [-0.25, -0.2) is 4.79 Å². The Bertz CT molecular complexity index is 479. The predicted molar refractivity (Wildman–Crippen MR) is 54.7 cm³/mol. The maximum atomic E-state index is 11.5. The van der Waals surface area contributed by atoms with Gasteiger partial charge in [-0.2, -0.15) is 14.8 Å². The molecular formula is C8H12N4O6. The SMILES string of the molecule is O=c1nc(NO)cnn1[C@@H]1O[C@@H](CO)[C@@H](O)[C@@H]1O. The van der Waals surface area contributed by atoms with Gasteiger partial charge in [0.15, 0.2) is 12.0 Å². The first kappa shape index (κ1) is 12.9. The first-order valence-corrected chi connectivity index (χ1v) is 5.07. The molecule has 2 rings (SSSR count). The summed E-state index contributed by atoms with van der Waals surface area (Å²) < 4.78 is 5.82. The van der Waals surface area contributed by atoms with Crippen molar-refractivity contribution in [3.8, 4) is 0 Å². The van der Waals surface area contributed by atoms with E-state index < -0.39 is 36.8 Å². The Morgan fingerprint density at radius 3 is 2.67 bits per heavy atom. The highest BCUT2D eigenvalue weighted by atomic mass is 16.6. The normalized spacial score (nSPS) is 31.6. The van der Waals surface area contributed by atoms with Crippen LogP contribution in [0.15, 0.2) is 11.0 Å². The quantitative estimate of drug-likeness (QED) is 0.359. The van der Waals surface area contributed by atoms with Crippen LogP contribution in [0.3, 0.4) is 0 Å². The van der Waals surface area contributed by atoms with Crippen LogP contribution in [0, 0.1) is 0 Å². The number of nitrogens with zero attached hydrogens (tertiary/aromatic N) is 3. The van der Waals surface area contributed by atoms with Crippen LogP contribution in [0.1, 0.15) is 6.23 Å². The van der Waals surface area contributed by atoms with Gasteiger partial charge in [-0.05, 0) is 0 Å². The van der Waals surface area contributed by atoms with Gasteiger partial charge in [-0.1, -0.05) is 0 Å². The van der Waals surface area contributed by atoms with Crippen molar-refractivity contribution in [3.63, 3.8) is 0 Å². The van der Waals surface area contributed by atoms with Crippen LogP contribution in [-0.4, -0.2) is 60.2 Å². The summed E-state index contributed by atoms with van der Waals surface area (Å²) in [7, 11) is 0. The molecular weight excluding hydrogens is 248 g/mol. The molecule has 1 aliphatic heterocycles. The molecule has 100 valence electrons. The van der Waals surface area contributed by atoms with E-state index >= 15 is 0 Å². The predicted octanol–water partition coefficient (Wildman–Crippen LogP) is -2.95. The van der Waals surface area contributed by atoms with E-state index in [1.54, 1.807) is 5.48 Å². The Balaban J connectivity index is 2.30. The third-order valence-corrected chi connectivity index (χ3v) is 2.59. The summed E-state index contributed by atoms with van der Waals surface area (Å²) in [5.74, 6) is -0.164. The standard InChI is InChI=1S/C8H12N4O6/c13-2-3-5(14)6(15)7(18-3)12-8(16)10-4(11-17)1-9-12/h1,3,5-7,13-15,17H,2H2,(H,10,11,16)/t3-,5+,6-,7+/m0/s1. The number of rotatable bonds is 3. The summed E-state index contributed by atoms with van der Waals surface area (Å²) in [5.41, 5.74) is 0.761. The largest absolute Gasteiger partial charge is 0.394 e. The van der Waals surface area contributed by atoms with Crippen LogP contribution in [0.25, 0.3) is 0 Å². The fourth-order valence-electron chi connectivity index (χ4n) is 1.66. The second-order valence-electron chi connectivity index (χ2n) is 3.71. The zero-order valence-corrected chi connectivity index (χ0v) is 9.04. The highest BCUT2D eigenvalue weighted by molar-refractivity contribution is 5.24. The number of anilines is 1. The van der Waals surface area contributed by atoms with E-state index in [1.807, 2.05) is 0 Å². The van der Waals surface area contributed by atoms with Crippen molar-refractivity contribution in [2.24, 2.45) is 0 Å². The topological polar surface area (TPSA) is 150 Å². The van der Waals surface area contributed by atoms with Crippen LogP contribution in [-0.2, 0) is 4.74 Å². The van der Waals surface area contributed by atoms with Crippen molar-refractivity contribution >= 4 is 5.82 Å². The highest BCUT2D eigenvalue weighted by Gasteiger charge is 2.44. The van der Waals surface area contributed by atoms with Gasteiger partial charge in [0.05, 0.1) is 12.8 Å². The lowest BCUT2D eigenvalue weighted by Crippen LogP contribution is -2.37. The van der Waals surface area contributed by atoms with Gasteiger partial charge in [0.25, 0.3) is 0 Å². The number of aromatic nitrogens is 3. The Kier molecular flexibility index (Phi) is 3.54. The van der Waals surface area contributed by atoms with Gasteiger partial charge in [-0.15, -0.1) is 0 Å². The van der Waals surface area contributed by atoms with Crippen LogP contribution < -0.4 is 11.2 Å². The maximum Gasteiger partial charge on any atom is 0.368 e. The molecule has 1 saturated heterocycles. The van der Waals surface area contributed by atoms with Crippen molar-refractivity contribution in [2.75, 3.05) is 12.1 Å². The number of hydrogen-bond acceptors (Lipinski definition) is 9. The van der Waals surface area contributed by atoms with Crippen molar-refractivity contribution in [3.05, 3.63) is 16.7 Å². The average Bonchev–Trinajstić information content (AvgIpc) is 2.66. The molecule has 10 nitrogen and oxygen atoms in total. The fraction of sp³-hybridized carbons (Fsp3) is 0.625. The van der Waals surface area contributed by atoms with Crippen molar-refractivity contribution in [2.45, 2.75) is 24.5 Å². The summed E-state index contributed by atoms with van der Waals surface area (Å²) >= 11 is 0. The highest BCUT2D eigenvalue weighted by Crippen LogP contribution is 2.27. The molecule has 5 N–H and O–H groups in total. The molecule has 0 unspecified atom stereocenters. The van der Waals surface area contributed by atoms with Gasteiger partial charge in [0.2, 0.25) is 0 Å². The molecule has 1 aliphatic rings. The Hall–Kier alpha value is -1.59. The van der Waals surface area contributed by atoms with Gasteiger partial charge in [0.1, 0.15) is 18.3 Å². The van der Waals surface area contributed by atoms with E-state index in [4.69, 9.17) is 15.1 Å². The number of hydrogen-bond donors (Lipinski definition) is 5. The smallest absolute Gasteiger partial charge is 0.368 e. The second kappa shape index (κ2) is 4.96. The number of ether oxygens (including phenoxy) is 1. The molecule has 1 aromatic heterocycles. The molecule has 2 heterocycles. The van der Waals surface area contributed by atoms with Gasteiger partial charge in [0, 0.05) is 0 Å². The first-order chi connectivity index (χ1) is 8.58. The molecule has 18 heavy (non-hydrogen) atoms. The summed E-state index contributed by atoms with van der Waals surface area (Å²) in [5, 5.41) is 40.3. The van der Waals surface area contributed by atoms with Crippen LogP contribution in [0.5, 0.6) is 0 Å². The number of nitrogens with one attached hydrogen (secondary N) is 1. The maximum absolute atomic E-state index is 11.5. The lowest BCUT2D eigenvalue weighted by molar-refractivity contribution is -0.0617. The van der Waals surface area contributed by atoms with Crippen molar-refractivity contribution < 1.29 is 25.3 Å². The number of aliphatic hydroxyl groups excluding tert-OH is 3. The molecule has 0 aromatic carbocycles. The third-order valence-electron chi connectivity index (χ3n) is 2.59. The Labute approximate surface area is 100 Å². The van der Waals surface area contributed by atoms with E-state index in [1.165, 1.54) is 0 Å². The summed E-state index contributed by atoms with van der Waals surface area (Å²) in [4.78, 5) is 14.9. The van der Waals surface area contributed by atoms with Gasteiger partial charge < -0.3 is 20.1 Å². The van der Waals surface area contributed by atoms with Crippen molar-refractivity contribution in [1.29, 1.82) is 0 Å². The summed E-state index contributed by atoms with van der Waals surface area (Å²) in [6.45, 7) is -0.507. The van der Waals surface area contributed by atoms with E-state index in [0.717, 1.165) is 6.20 Å². The molecule has 0 aliphatic carbocycles. The minimum absolute atomic E-state index is 0.164. The van der Waals surface area contributed by atoms with Crippen LogP contribution in [0.4, 0.5) is 5.82 Å². The minimum atomic E-state index is -1.41. The van der Waals surface area contributed by atoms with Crippen LogP contribution in [0.2, 0.25) is 0 Å². The fourth-order valence-corrected chi connectivity index (χ4v) is 1.66. The molecule has 1 fully saturated rings. The zero-order chi connectivity index (χ0) is 13.3. The monoisotopic (exact) mass is 260 g/mol. The molecule has 0 radical (unpaired) electrons. The van der Waals surface area contributed by atoms with Crippen LogP contribution >= 0.6 is 0 Å². The molecule has 0 bridgehead atoms. The van der Waals surface area contributed by atoms with Crippen molar-refractivity contribution in [1.82, 2.24) is 14.8 Å². The summed E-state index contributed by atoms with van der Waals surface area (Å²) in [6, 6.07) is 0. The number of aliphatic hydroxyl groups is 3. The lowest BCUT2D eigenvalue weighted by Gasteiger charge is -2.15.